The van der Waals surface area contributed by atoms with Gasteiger partial charge in [-0.05, 0) is 53.1 Å². The Labute approximate surface area is 192 Å². The maximum absolute atomic E-state index is 13.5. The number of thiophene rings is 1. The molecule has 3 aromatic rings. The Kier molecular flexibility index (Phi) is 7.00. The molecule has 4 nitrogen and oxygen atoms in total. The van der Waals surface area contributed by atoms with E-state index in [9.17, 15) is 14.0 Å². The molecule has 0 fully saturated rings. The van der Waals surface area contributed by atoms with Crippen LogP contribution in [0.25, 0.3) is 0 Å². The summed E-state index contributed by atoms with van der Waals surface area (Å²) in [5.41, 5.74) is 3.01. The number of fused-ring (bicyclic) bond motifs is 1. The van der Waals surface area contributed by atoms with Crippen LogP contribution in [0, 0.1) is 5.82 Å². The normalized spacial score (nSPS) is 15.3. The third-order valence-corrected chi connectivity index (χ3v) is 6.84. The Morgan fingerprint density at radius 3 is 2.56 bits per heavy atom. The highest BCUT2D eigenvalue weighted by Crippen LogP contribution is 2.37. The molecule has 1 aromatic heterocycles. The van der Waals surface area contributed by atoms with Crippen LogP contribution in [0.15, 0.2) is 66.0 Å². The van der Waals surface area contributed by atoms with Crippen molar-refractivity contribution in [1.82, 2.24) is 9.80 Å². The molecule has 0 aliphatic carbocycles. The average molecular weight is 451 g/mol. The molecule has 166 valence electrons. The van der Waals surface area contributed by atoms with Crippen LogP contribution in [-0.4, -0.2) is 41.2 Å². The van der Waals surface area contributed by atoms with Gasteiger partial charge < -0.3 is 9.80 Å². The molecule has 1 aliphatic rings. The summed E-state index contributed by atoms with van der Waals surface area (Å²) in [6.07, 6.45) is 1.75. The predicted octanol–water partition coefficient (Wildman–Crippen LogP) is 4.84. The van der Waals surface area contributed by atoms with Crippen molar-refractivity contribution in [3.05, 3.63) is 93.4 Å². The number of nitrogens with zero attached hydrogens (tertiary/aromatic N) is 2. The number of amides is 2. The van der Waals surface area contributed by atoms with E-state index >= 15 is 0 Å². The number of halogens is 1. The molecule has 1 unspecified atom stereocenters. The second kappa shape index (κ2) is 10.1. The van der Waals surface area contributed by atoms with Gasteiger partial charge in [0.15, 0.2) is 0 Å². The van der Waals surface area contributed by atoms with E-state index in [2.05, 4.69) is 23.6 Å². The van der Waals surface area contributed by atoms with E-state index in [1.807, 2.05) is 30.0 Å². The van der Waals surface area contributed by atoms with Gasteiger partial charge in [0.2, 0.25) is 11.8 Å². The highest BCUT2D eigenvalue weighted by molar-refractivity contribution is 7.10. The molecule has 0 bridgehead atoms. The van der Waals surface area contributed by atoms with Gasteiger partial charge in [-0.15, -0.1) is 11.3 Å². The van der Waals surface area contributed by atoms with Crippen molar-refractivity contribution in [1.29, 1.82) is 0 Å². The van der Waals surface area contributed by atoms with Crippen molar-refractivity contribution < 1.29 is 14.0 Å². The number of carbonyl (C=O) groups is 2. The highest BCUT2D eigenvalue weighted by atomic mass is 32.1. The largest absolute Gasteiger partial charge is 0.333 e. The van der Waals surface area contributed by atoms with Crippen LogP contribution < -0.4 is 0 Å². The van der Waals surface area contributed by atoms with Gasteiger partial charge >= 0.3 is 0 Å². The van der Waals surface area contributed by atoms with Crippen molar-refractivity contribution >= 4 is 23.2 Å². The quantitative estimate of drug-likeness (QED) is 0.517. The average Bonchev–Trinajstić information content (AvgIpc) is 3.29. The number of hydrogen-bond donors (Lipinski definition) is 0. The van der Waals surface area contributed by atoms with Crippen LogP contribution in [0.2, 0.25) is 0 Å². The lowest BCUT2D eigenvalue weighted by atomic mass is 9.93. The van der Waals surface area contributed by atoms with Crippen molar-refractivity contribution in [3.8, 4) is 0 Å². The summed E-state index contributed by atoms with van der Waals surface area (Å²) < 4.78 is 13.2. The van der Waals surface area contributed by atoms with Gasteiger partial charge in [-0.25, -0.2) is 4.39 Å². The maximum Gasteiger partial charge on any atom is 0.242 e. The summed E-state index contributed by atoms with van der Waals surface area (Å²) >= 11 is 1.74. The summed E-state index contributed by atoms with van der Waals surface area (Å²) in [5, 5.41) is 2.09. The summed E-state index contributed by atoms with van der Waals surface area (Å²) in [6, 6.07) is 18.0. The predicted molar refractivity (Wildman–Crippen MR) is 125 cm³/mol. The van der Waals surface area contributed by atoms with E-state index in [1.54, 1.807) is 28.4 Å². The third-order valence-electron chi connectivity index (χ3n) is 5.84. The Hall–Kier alpha value is -2.99. The number of benzene rings is 2. The van der Waals surface area contributed by atoms with Gasteiger partial charge in [0, 0.05) is 18.0 Å². The molecule has 6 heteroatoms. The van der Waals surface area contributed by atoms with E-state index in [1.165, 1.54) is 22.6 Å². The fraction of sp³-hybridized carbons (Fsp3) is 0.308. The zero-order valence-electron chi connectivity index (χ0n) is 18.2. The van der Waals surface area contributed by atoms with Gasteiger partial charge in [-0.2, -0.15) is 0 Å². The summed E-state index contributed by atoms with van der Waals surface area (Å²) in [7, 11) is 0. The smallest absolute Gasteiger partial charge is 0.242 e. The zero-order valence-corrected chi connectivity index (χ0v) is 19.0. The van der Waals surface area contributed by atoms with Crippen LogP contribution in [-0.2, 0) is 22.4 Å². The van der Waals surface area contributed by atoms with Gasteiger partial charge in [0.1, 0.15) is 5.82 Å². The molecule has 0 radical (unpaired) electrons. The van der Waals surface area contributed by atoms with E-state index < -0.39 is 0 Å². The monoisotopic (exact) mass is 450 g/mol. The second-order valence-electron chi connectivity index (χ2n) is 8.07. The Morgan fingerprint density at radius 2 is 1.84 bits per heavy atom. The van der Waals surface area contributed by atoms with Crippen LogP contribution in [0.5, 0.6) is 0 Å². The summed E-state index contributed by atoms with van der Waals surface area (Å²) in [5.74, 6) is -0.487. The highest BCUT2D eigenvalue weighted by Gasteiger charge is 2.33. The fourth-order valence-electron chi connectivity index (χ4n) is 4.28. The minimum Gasteiger partial charge on any atom is -0.333 e. The summed E-state index contributed by atoms with van der Waals surface area (Å²) in [6.45, 7) is 3.20. The van der Waals surface area contributed by atoms with Gasteiger partial charge in [0.05, 0.1) is 19.0 Å². The minimum atomic E-state index is -0.327. The maximum atomic E-state index is 13.5. The van der Waals surface area contributed by atoms with Crippen LogP contribution in [0.1, 0.15) is 41.0 Å². The van der Waals surface area contributed by atoms with E-state index in [-0.39, 0.29) is 36.6 Å². The van der Waals surface area contributed by atoms with Crippen molar-refractivity contribution in [2.75, 3.05) is 19.6 Å². The molecule has 32 heavy (non-hydrogen) atoms. The first-order valence-electron chi connectivity index (χ1n) is 11.0. The lowest BCUT2D eigenvalue weighted by Gasteiger charge is -2.37. The summed E-state index contributed by atoms with van der Waals surface area (Å²) in [4.78, 5) is 31.3. The molecule has 0 spiro atoms. The molecule has 2 heterocycles. The third kappa shape index (κ3) is 4.91. The molecule has 0 saturated heterocycles. The first-order valence-corrected chi connectivity index (χ1v) is 11.9. The molecular formula is C26H27FN2O2S. The molecule has 1 atom stereocenters. The van der Waals surface area contributed by atoms with Gasteiger partial charge in [-0.1, -0.05) is 49.4 Å². The standard InChI is InChI=1S/C26H27FN2O2S/c1-2-14-28(24(30)17-19-8-10-21(27)11-9-19)18-25(31)29-15-12-23-22(13-16-32-23)26(29)20-6-4-3-5-7-20/h3-11,13,16,26H,2,12,14-15,17-18H2,1H3. The lowest BCUT2D eigenvalue weighted by Crippen LogP contribution is -2.47. The van der Waals surface area contributed by atoms with Crippen LogP contribution in [0.3, 0.4) is 0 Å². The molecule has 2 aromatic carbocycles. The van der Waals surface area contributed by atoms with E-state index in [0.29, 0.717) is 13.1 Å². The van der Waals surface area contributed by atoms with Gasteiger partial charge in [0.25, 0.3) is 0 Å². The number of carbonyl (C=O) groups excluding carboxylic acids is 2. The molecular weight excluding hydrogens is 423 g/mol. The lowest BCUT2D eigenvalue weighted by molar-refractivity contribution is -0.141. The Bertz CT molecular complexity index is 1060. The van der Waals surface area contributed by atoms with Gasteiger partial charge in [-0.3, -0.25) is 9.59 Å². The molecule has 2 amide bonds. The number of hydrogen-bond acceptors (Lipinski definition) is 3. The van der Waals surface area contributed by atoms with Crippen LogP contribution in [0.4, 0.5) is 4.39 Å². The zero-order chi connectivity index (χ0) is 22.5. The minimum absolute atomic E-state index is 0.0448. The molecule has 4 rings (SSSR count). The second-order valence-corrected chi connectivity index (χ2v) is 9.07. The fourth-order valence-corrected chi connectivity index (χ4v) is 5.19. The van der Waals surface area contributed by atoms with Crippen molar-refractivity contribution in [2.24, 2.45) is 0 Å². The van der Waals surface area contributed by atoms with Crippen LogP contribution >= 0.6 is 11.3 Å². The molecule has 0 N–H and O–H groups in total. The topological polar surface area (TPSA) is 40.6 Å². The molecule has 0 saturated carbocycles. The van der Waals surface area contributed by atoms with Crippen molar-refractivity contribution in [2.45, 2.75) is 32.2 Å². The first kappa shape index (κ1) is 22.2. The Morgan fingerprint density at radius 1 is 1.09 bits per heavy atom. The Balaban J connectivity index is 1.53. The first-order chi connectivity index (χ1) is 15.6. The SMILES string of the molecule is CCCN(CC(=O)N1CCc2sccc2C1c1ccccc1)C(=O)Cc1ccc(F)cc1. The van der Waals surface area contributed by atoms with Crippen molar-refractivity contribution in [3.63, 3.8) is 0 Å². The number of rotatable bonds is 7. The van der Waals surface area contributed by atoms with E-state index in [0.717, 1.165) is 24.0 Å². The molecule has 1 aliphatic heterocycles. The van der Waals surface area contributed by atoms with E-state index in [4.69, 9.17) is 0 Å².